The monoisotopic (exact) mass is 252 g/mol. The van der Waals surface area contributed by atoms with Crippen molar-refractivity contribution in [2.45, 2.75) is 18.4 Å². The van der Waals surface area contributed by atoms with Gasteiger partial charge in [-0.25, -0.2) is 0 Å². The Morgan fingerprint density at radius 1 is 1.18 bits per heavy atom. The zero-order chi connectivity index (χ0) is 12.3. The molecule has 2 rings (SSSR count). The number of hydrogen-bond donors (Lipinski definition) is 0. The first-order valence-electron chi connectivity index (χ1n) is 5.05. The Morgan fingerprint density at radius 2 is 1.88 bits per heavy atom. The van der Waals surface area contributed by atoms with E-state index in [1.807, 2.05) is 6.92 Å². The molecule has 0 spiro atoms. The first-order chi connectivity index (χ1) is 8.08. The fourth-order valence-electron chi connectivity index (χ4n) is 1.29. The van der Waals surface area contributed by atoms with Crippen molar-refractivity contribution in [1.82, 2.24) is 0 Å². The predicted octanol–water partition coefficient (Wildman–Crippen LogP) is 2.49. The largest absolute Gasteiger partial charge is 0.472 e. The molecule has 0 aliphatic carbocycles. The van der Waals surface area contributed by atoms with Gasteiger partial charge in [0, 0.05) is 5.56 Å². The number of rotatable bonds is 4. The van der Waals surface area contributed by atoms with Crippen LogP contribution in [0.3, 0.4) is 0 Å². The molecule has 0 aliphatic rings. The number of furan rings is 1. The molecule has 1 aromatic carbocycles. The third-order valence-electron chi connectivity index (χ3n) is 2.27. The first kappa shape index (κ1) is 11.9. The first-order valence-corrected chi connectivity index (χ1v) is 6.46. The Kier molecular flexibility index (Phi) is 3.31. The van der Waals surface area contributed by atoms with E-state index in [0.29, 0.717) is 5.56 Å². The topological polar surface area (TPSA) is 56.5 Å². The molecule has 1 aromatic heterocycles. The molecule has 0 fully saturated rings. The molecule has 5 heteroatoms. The van der Waals surface area contributed by atoms with Crippen LogP contribution in [0.15, 0.2) is 52.2 Å². The van der Waals surface area contributed by atoms with Crippen LogP contribution in [0, 0.1) is 6.92 Å². The van der Waals surface area contributed by atoms with Crippen LogP contribution >= 0.6 is 0 Å². The molecule has 0 unspecified atom stereocenters. The third kappa shape index (κ3) is 2.95. The lowest BCUT2D eigenvalue weighted by molar-refractivity contribution is 0.306. The van der Waals surface area contributed by atoms with Crippen LogP contribution in [0.25, 0.3) is 0 Å². The lowest BCUT2D eigenvalue weighted by atomic mass is 10.2. The highest BCUT2D eigenvalue weighted by molar-refractivity contribution is 7.86. The van der Waals surface area contributed by atoms with Gasteiger partial charge in [0.25, 0.3) is 10.1 Å². The summed E-state index contributed by atoms with van der Waals surface area (Å²) in [7, 11) is -3.69. The van der Waals surface area contributed by atoms with Gasteiger partial charge in [-0.05, 0) is 25.1 Å². The Balaban J connectivity index is 2.11. The summed E-state index contributed by atoms with van der Waals surface area (Å²) in [4.78, 5) is 0.159. The number of hydrogen-bond acceptors (Lipinski definition) is 4. The maximum absolute atomic E-state index is 11.8. The molecule has 0 saturated carbocycles. The molecule has 0 atom stereocenters. The average Bonchev–Trinajstić information content (AvgIpc) is 2.80. The fraction of sp³-hybridized carbons (Fsp3) is 0.167. The molecule has 0 saturated heterocycles. The smallest absolute Gasteiger partial charge is 0.297 e. The molecule has 2 aromatic rings. The summed E-state index contributed by atoms with van der Waals surface area (Å²) in [6.45, 7) is 1.87. The Hall–Kier alpha value is -1.59. The minimum atomic E-state index is -3.69. The normalized spacial score (nSPS) is 11.6. The lowest BCUT2D eigenvalue weighted by Crippen LogP contribution is -2.06. The number of benzene rings is 1. The van der Waals surface area contributed by atoms with Gasteiger partial charge in [-0.3, -0.25) is 4.18 Å². The van der Waals surface area contributed by atoms with Crippen LogP contribution in [0.1, 0.15) is 11.1 Å². The maximum atomic E-state index is 11.8. The van der Waals surface area contributed by atoms with Crippen molar-refractivity contribution in [2.24, 2.45) is 0 Å². The van der Waals surface area contributed by atoms with Crippen molar-refractivity contribution in [3.63, 3.8) is 0 Å². The van der Waals surface area contributed by atoms with E-state index in [2.05, 4.69) is 0 Å². The SMILES string of the molecule is Cc1ccc(S(=O)(=O)OCc2ccoc2)cc1. The molecular formula is C12H12O4S. The molecule has 1 heterocycles. The average molecular weight is 252 g/mol. The number of aryl methyl sites for hydroxylation is 1. The molecule has 0 N–H and O–H groups in total. The molecular weight excluding hydrogens is 240 g/mol. The van der Waals surface area contributed by atoms with E-state index in [0.717, 1.165) is 5.56 Å². The van der Waals surface area contributed by atoms with E-state index in [1.165, 1.54) is 24.7 Å². The summed E-state index contributed by atoms with van der Waals surface area (Å²) in [5.74, 6) is 0. The predicted molar refractivity (Wildman–Crippen MR) is 61.9 cm³/mol. The van der Waals surface area contributed by atoms with Gasteiger partial charge < -0.3 is 4.42 Å². The van der Waals surface area contributed by atoms with Crippen molar-refractivity contribution in [2.75, 3.05) is 0 Å². The summed E-state index contributed by atoms with van der Waals surface area (Å²) in [5, 5.41) is 0. The van der Waals surface area contributed by atoms with Crippen LogP contribution in [-0.4, -0.2) is 8.42 Å². The molecule has 0 bridgehead atoms. The van der Waals surface area contributed by atoms with E-state index < -0.39 is 10.1 Å². The Morgan fingerprint density at radius 3 is 2.47 bits per heavy atom. The Labute approximate surface area is 100.0 Å². The van der Waals surface area contributed by atoms with Gasteiger partial charge in [0.15, 0.2) is 0 Å². The van der Waals surface area contributed by atoms with E-state index in [1.54, 1.807) is 18.2 Å². The van der Waals surface area contributed by atoms with Gasteiger partial charge in [-0.2, -0.15) is 8.42 Å². The third-order valence-corrected chi connectivity index (χ3v) is 3.55. The standard InChI is InChI=1S/C12H12O4S/c1-10-2-4-12(5-3-10)17(13,14)16-9-11-6-7-15-8-11/h2-8H,9H2,1H3. The van der Waals surface area contributed by atoms with Crippen molar-refractivity contribution in [3.05, 3.63) is 54.0 Å². The summed E-state index contributed by atoms with van der Waals surface area (Å²) in [6.07, 6.45) is 2.92. The van der Waals surface area contributed by atoms with Gasteiger partial charge >= 0.3 is 0 Å². The van der Waals surface area contributed by atoms with E-state index in [-0.39, 0.29) is 11.5 Å². The van der Waals surface area contributed by atoms with Gasteiger partial charge in [0.05, 0.1) is 24.0 Å². The quantitative estimate of drug-likeness (QED) is 0.784. The summed E-state index contributed by atoms with van der Waals surface area (Å²) in [6, 6.07) is 8.17. The second kappa shape index (κ2) is 4.73. The highest BCUT2D eigenvalue weighted by atomic mass is 32.2. The van der Waals surface area contributed by atoms with Crippen LogP contribution in [0.4, 0.5) is 0 Å². The van der Waals surface area contributed by atoms with Gasteiger partial charge in [-0.1, -0.05) is 17.7 Å². The lowest BCUT2D eigenvalue weighted by Gasteiger charge is -2.04. The van der Waals surface area contributed by atoms with Crippen LogP contribution < -0.4 is 0 Å². The minimum absolute atomic E-state index is 0.0211. The molecule has 17 heavy (non-hydrogen) atoms. The molecule has 4 nitrogen and oxygen atoms in total. The minimum Gasteiger partial charge on any atom is -0.472 e. The van der Waals surface area contributed by atoms with Crippen molar-refractivity contribution >= 4 is 10.1 Å². The van der Waals surface area contributed by atoms with Crippen molar-refractivity contribution in [1.29, 1.82) is 0 Å². The van der Waals surface area contributed by atoms with Crippen LogP contribution in [0.2, 0.25) is 0 Å². The molecule has 0 aliphatic heterocycles. The highest BCUT2D eigenvalue weighted by Crippen LogP contribution is 2.15. The van der Waals surface area contributed by atoms with E-state index in [4.69, 9.17) is 8.60 Å². The van der Waals surface area contributed by atoms with Gasteiger partial charge in [-0.15, -0.1) is 0 Å². The summed E-state index contributed by atoms with van der Waals surface area (Å²) < 4.78 is 33.3. The van der Waals surface area contributed by atoms with Gasteiger partial charge in [0.1, 0.15) is 0 Å². The van der Waals surface area contributed by atoms with Gasteiger partial charge in [0.2, 0.25) is 0 Å². The fourth-order valence-corrected chi connectivity index (χ4v) is 2.19. The second-order valence-corrected chi connectivity index (χ2v) is 5.28. The van der Waals surface area contributed by atoms with E-state index in [9.17, 15) is 8.42 Å². The summed E-state index contributed by atoms with van der Waals surface area (Å²) in [5.41, 5.74) is 1.68. The maximum Gasteiger partial charge on any atom is 0.297 e. The molecule has 0 amide bonds. The van der Waals surface area contributed by atoms with Crippen LogP contribution in [-0.2, 0) is 20.9 Å². The second-order valence-electron chi connectivity index (χ2n) is 3.66. The van der Waals surface area contributed by atoms with Crippen molar-refractivity contribution in [3.8, 4) is 0 Å². The summed E-state index contributed by atoms with van der Waals surface area (Å²) >= 11 is 0. The zero-order valence-corrected chi connectivity index (χ0v) is 10.1. The van der Waals surface area contributed by atoms with E-state index >= 15 is 0 Å². The highest BCUT2D eigenvalue weighted by Gasteiger charge is 2.14. The zero-order valence-electron chi connectivity index (χ0n) is 9.29. The van der Waals surface area contributed by atoms with Crippen molar-refractivity contribution < 1.29 is 17.0 Å². The Bertz CT molecular complexity index is 567. The molecule has 90 valence electrons. The molecule has 0 radical (unpaired) electrons. The van der Waals surface area contributed by atoms with Crippen LogP contribution in [0.5, 0.6) is 0 Å².